The van der Waals surface area contributed by atoms with Crippen molar-refractivity contribution in [1.82, 2.24) is 5.32 Å². The van der Waals surface area contributed by atoms with E-state index in [4.69, 9.17) is 4.74 Å². The van der Waals surface area contributed by atoms with Gasteiger partial charge in [-0.2, -0.15) is 13.2 Å². The molecule has 1 aromatic carbocycles. The van der Waals surface area contributed by atoms with E-state index in [1.807, 2.05) is 0 Å². The van der Waals surface area contributed by atoms with E-state index in [2.05, 4.69) is 5.32 Å². The van der Waals surface area contributed by atoms with Gasteiger partial charge in [-0.25, -0.2) is 0 Å². The normalized spacial score (nSPS) is 12.9. The van der Waals surface area contributed by atoms with Crippen LogP contribution in [0.3, 0.4) is 0 Å². The number of aromatic hydroxyl groups is 1. The number of carbonyl (C=O) groups is 1. The molecule has 7 heteroatoms. The first-order chi connectivity index (χ1) is 8.73. The molecule has 1 rings (SSSR count). The number of methoxy groups -OCH3 is 1. The molecule has 1 amide bonds. The Morgan fingerprint density at radius 1 is 1.47 bits per heavy atom. The average Bonchev–Trinajstić information content (AvgIpc) is 2.26. The fraction of sp³-hybridized carbons (Fsp3) is 0.417. The van der Waals surface area contributed by atoms with Crippen LogP contribution in [0.15, 0.2) is 18.2 Å². The maximum Gasteiger partial charge on any atom is 0.391 e. The van der Waals surface area contributed by atoms with Gasteiger partial charge in [0.25, 0.3) is 5.91 Å². The molecule has 0 fully saturated rings. The minimum absolute atomic E-state index is 0.0623. The van der Waals surface area contributed by atoms with E-state index in [0.717, 1.165) is 6.07 Å². The first-order valence-corrected chi connectivity index (χ1v) is 5.47. The summed E-state index contributed by atoms with van der Waals surface area (Å²) in [6, 6.07) is 2.80. The van der Waals surface area contributed by atoms with Crippen LogP contribution in [0.1, 0.15) is 23.7 Å². The summed E-state index contributed by atoms with van der Waals surface area (Å²) in [5.41, 5.74) is 0.0623. The average molecular weight is 277 g/mol. The molecule has 0 bridgehead atoms. The van der Waals surface area contributed by atoms with Crippen LogP contribution in [0.25, 0.3) is 0 Å². The summed E-state index contributed by atoms with van der Waals surface area (Å²) in [4.78, 5) is 11.7. The zero-order chi connectivity index (χ0) is 14.6. The van der Waals surface area contributed by atoms with Crippen molar-refractivity contribution < 1.29 is 27.8 Å². The molecule has 4 nitrogen and oxygen atoms in total. The highest BCUT2D eigenvalue weighted by atomic mass is 19.4. The number of benzene rings is 1. The maximum absolute atomic E-state index is 12.1. The molecule has 0 spiro atoms. The highest BCUT2D eigenvalue weighted by Crippen LogP contribution is 2.26. The van der Waals surface area contributed by atoms with Crippen molar-refractivity contribution in [3.05, 3.63) is 23.8 Å². The molecular formula is C12H14F3NO3. The molecule has 0 aliphatic heterocycles. The number of hydrogen-bond donors (Lipinski definition) is 2. The van der Waals surface area contributed by atoms with Crippen LogP contribution >= 0.6 is 0 Å². The molecule has 1 unspecified atom stereocenters. The molecule has 0 aromatic heterocycles. The Hall–Kier alpha value is -1.92. The number of ether oxygens (including phenoxy) is 1. The van der Waals surface area contributed by atoms with Crippen molar-refractivity contribution in [2.24, 2.45) is 0 Å². The van der Waals surface area contributed by atoms with Crippen molar-refractivity contribution in [3.8, 4) is 11.5 Å². The smallest absolute Gasteiger partial charge is 0.391 e. The Labute approximate surface area is 108 Å². The quantitative estimate of drug-likeness (QED) is 0.888. The Morgan fingerprint density at radius 3 is 2.58 bits per heavy atom. The third-order valence-electron chi connectivity index (χ3n) is 2.36. The zero-order valence-electron chi connectivity index (χ0n) is 10.4. The molecule has 0 radical (unpaired) electrons. The lowest BCUT2D eigenvalue weighted by Crippen LogP contribution is -2.35. The van der Waals surface area contributed by atoms with Crippen LogP contribution in [0, 0.1) is 0 Å². The Morgan fingerprint density at radius 2 is 2.11 bits per heavy atom. The number of alkyl halides is 3. The van der Waals surface area contributed by atoms with E-state index in [1.165, 1.54) is 26.2 Å². The number of hydrogen-bond acceptors (Lipinski definition) is 3. The second-order valence-corrected chi connectivity index (χ2v) is 4.08. The van der Waals surface area contributed by atoms with Gasteiger partial charge in [-0.05, 0) is 25.1 Å². The number of phenols is 1. The Kier molecular flexibility index (Phi) is 4.63. The lowest BCUT2D eigenvalue weighted by molar-refractivity contribution is -0.138. The van der Waals surface area contributed by atoms with Crippen LogP contribution in [0.4, 0.5) is 13.2 Å². The van der Waals surface area contributed by atoms with E-state index < -0.39 is 24.5 Å². The highest BCUT2D eigenvalue weighted by molar-refractivity contribution is 5.95. The first-order valence-electron chi connectivity index (χ1n) is 5.47. The van der Waals surface area contributed by atoms with Crippen LogP contribution < -0.4 is 10.1 Å². The topological polar surface area (TPSA) is 58.6 Å². The third-order valence-corrected chi connectivity index (χ3v) is 2.36. The van der Waals surface area contributed by atoms with E-state index in [9.17, 15) is 23.1 Å². The maximum atomic E-state index is 12.1. The lowest BCUT2D eigenvalue weighted by atomic mass is 10.1. The zero-order valence-corrected chi connectivity index (χ0v) is 10.4. The van der Waals surface area contributed by atoms with Gasteiger partial charge < -0.3 is 15.2 Å². The fourth-order valence-electron chi connectivity index (χ4n) is 1.54. The van der Waals surface area contributed by atoms with Crippen LogP contribution in [0.2, 0.25) is 0 Å². The molecule has 0 saturated heterocycles. The second kappa shape index (κ2) is 5.81. The molecule has 0 saturated carbocycles. The summed E-state index contributed by atoms with van der Waals surface area (Å²) in [7, 11) is 1.35. The van der Waals surface area contributed by atoms with E-state index in [1.54, 1.807) is 0 Å². The highest BCUT2D eigenvalue weighted by Gasteiger charge is 2.30. The standard InChI is InChI=1S/C12H14F3NO3/c1-7(6-12(13,14)15)16-11(18)8-3-4-10(19-2)9(17)5-8/h3-5,7,17H,6H2,1-2H3,(H,16,18). The van der Waals surface area contributed by atoms with Gasteiger partial charge in [0.1, 0.15) is 0 Å². The largest absolute Gasteiger partial charge is 0.504 e. The molecular weight excluding hydrogens is 263 g/mol. The number of amides is 1. The number of rotatable bonds is 4. The van der Waals surface area contributed by atoms with Crippen molar-refractivity contribution >= 4 is 5.91 Å². The molecule has 1 aromatic rings. The van der Waals surface area contributed by atoms with Gasteiger partial charge in [0, 0.05) is 11.6 Å². The predicted octanol–water partition coefficient (Wildman–Crippen LogP) is 2.47. The van der Waals surface area contributed by atoms with Crippen LogP contribution in [-0.2, 0) is 0 Å². The molecule has 19 heavy (non-hydrogen) atoms. The molecule has 0 aliphatic carbocycles. The minimum atomic E-state index is -4.34. The Balaban J connectivity index is 2.71. The predicted molar refractivity (Wildman–Crippen MR) is 62.3 cm³/mol. The van der Waals surface area contributed by atoms with Gasteiger partial charge in [-0.15, -0.1) is 0 Å². The molecule has 1 atom stereocenters. The number of nitrogens with one attached hydrogen (secondary N) is 1. The number of halogens is 3. The summed E-state index contributed by atoms with van der Waals surface area (Å²) in [6.45, 7) is 1.26. The fourth-order valence-corrected chi connectivity index (χ4v) is 1.54. The molecule has 0 aliphatic rings. The number of phenolic OH excluding ortho intramolecular Hbond substituents is 1. The molecule has 0 heterocycles. The summed E-state index contributed by atoms with van der Waals surface area (Å²) >= 11 is 0. The summed E-state index contributed by atoms with van der Waals surface area (Å²) in [6.07, 6.45) is -5.45. The molecule has 106 valence electrons. The van der Waals surface area contributed by atoms with Gasteiger partial charge in [-0.1, -0.05) is 0 Å². The van der Waals surface area contributed by atoms with Gasteiger partial charge in [-0.3, -0.25) is 4.79 Å². The van der Waals surface area contributed by atoms with Gasteiger partial charge in [0.2, 0.25) is 0 Å². The van der Waals surface area contributed by atoms with Gasteiger partial charge in [0.05, 0.1) is 13.5 Å². The molecule has 2 N–H and O–H groups in total. The van der Waals surface area contributed by atoms with E-state index >= 15 is 0 Å². The van der Waals surface area contributed by atoms with Crippen molar-refractivity contribution in [3.63, 3.8) is 0 Å². The van der Waals surface area contributed by atoms with E-state index in [-0.39, 0.29) is 17.1 Å². The number of carbonyl (C=O) groups excluding carboxylic acids is 1. The van der Waals surface area contributed by atoms with Gasteiger partial charge in [0.15, 0.2) is 11.5 Å². The summed E-state index contributed by atoms with van der Waals surface area (Å²) in [5, 5.41) is 11.7. The van der Waals surface area contributed by atoms with E-state index in [0.29, 0.717) is 0 Å². The third kappa shape index (κ3) is 4.69. The van der Waals surface area contributed by atoms with Gasteiger partial charge >= 0.3 is 6.18 Å². The second-order valence-electron chi connectivity index (χ2n) is 4.08. The van der Waals surface area contributed by atoms with Crippen molar-refractivity contribution in [1.29, 1.82) is 0 Å². The van der Waals surface area contributed by atoms with Crippen LogP contribution in [0.5, 0.6) is 11.5 Å². The van der Waals surface area contributed by atoms with Crippen LogP contribution in [-0.4, -0.2) is 30.3 Å². The first kappa shape index (κ1) is 15.1. The van der Waals surface area contributed by atoms with Crippen molar-refractivity contribution in [2.45, 2.75) is 25.6 Å². The summed E-state index contributed by atoms with van der Waals surface area (Å²) in [5.74, 6) is -0.756. The minimum Gasteiger partial charge on any atom is -0.504 e. The lowest BCUT2D eigenvalue weighted by Gasteiger charge is -2.16. The monoisotopic (exact) mass is 277 g/mol. The SMILES string of the molecule is COc1ccc(C(=O)NC(C)CC(F)(F)F)cc1O. The van der Waals surface area contributed by atoms with Crippen molar-refractivity contribution in [2.75, 3.05) is 7.11 Å². The summed E-state index contributed by atoms with van der Waals surface area (Å²) < 4.78 is 41.1. The Bertz CT molecular complexity index is 460.